The van der Waals surface area contributed by atoms with Crippen LogP contribution in [0.1, 0.15) is 24.8 Å². The van der Waals surface area contributed by atoms with Crippen LogP contribution in [0.25, 0.3) is 0 Å². The van der Waals surface area contributed by atoms with Gasteiger partial charge in [-0.1, -0.05) is 12.5 Å². The molecule has 1 fully saturated rings. The lowest BCUT2D eigenvalue weighted by atomic mass is 9.72. The van der Waals surface area contributed by atoms with Crippen molar-refractivity contribution in [2.24, 2.45) is 5.41 Å². The Morgan fingerprint density at radius 3 is 2.65 bits per heavy atom. The molecule has 0 atom stereocenters. The molecule has 6 heteroatoms. The third-order valence-corrected chi connectivity index (χ3v) is 6.15. The van der Waals surface area contributed by atoms with E-state index in [0.29, 0.717) is 10.6 Å². The maximum Gasteiger partial charge on any atom is 0.148 e. The zero-order chi connectivity index (χ0) is 14.8. The fourth-order valence-corrected chi connectivity index (χ4v) is 5.47. The summed E-state index contributed by atoms with van der Waals surface area (Å²) in [4.78, 5) is 0.590. The molecular formula is C14H16FNO2S2. The Balaban J connectivity index is 2.12. The molecule has 0 saturated heterocycles. The Labute approximate surface area is 123 Å². The van der Waals surface area contributed by atoms with Gasteiger partial charge >= 0.3 is 0 Å². The van der Waals surface area contributed by atoms with Crippen LogP contribution in [0.2, 0.25) is 0 Å². The summed E-state index contributed by atoms with van der Waals surface area (Å²) in [5, 5.41) is 8.99. The first kappa shape index (κ1) is 15.3. The second-order valence-electron chi connectivity index (χ2n) is 5.44. The van der Waals surface area contributed by atoms with E-state index in [9.17, 15) is 12.8 Å². The molecule has 0 spiro atoms. The molecular weight excluding hydrogens is 297 g/mol. The highest BCUT2D eigenvalue weighted by molar-refractivity contribution is 7.99. The van der Waals surface area contributed by atoms with E-state index in [-0.39, 0.29) is 16.7 Å². The first-order chi connectivity index (χ1) is 9.35. The number of benzene rings is 1. The number of nitrogens with zero attached hydrogens (tertiary/aromatic N) is 1. The van der Waals surface area contributed by atoms with Gasteiger partial charge in [-0.25, -0.2) is 12.8 Å². The van der Waals surface area contributed by atoms with Gasteiger partial charge in [0.25, 0.3) is 0 Å². The Morgan fingerprint density at radius 2 is 2.15 bits per heavy atom. The van der Waals surface area contributed by atoms with Gasteiger partial charge in [0.15, 0.2) is 0 Å². The molecule has 20 heavy (non-hydrogen) atoms. The van der Waals surface area contributed by atoms with E-state index in [4.69, 9.17) is 5.26 Å². The molecule has 0 N–H and O–H groups in total. The van der Waals surface area contributed by atoms with Crippen molar-refractivity contribution in [3.8, 4) is 6.07 Å². The van der Waals surface area contributed by atoms with Crippen LogP contribution in [0.15, 0.2) is 23.1 Å². The van der Waals surface area contributed by atoms with E-state index < -0.39 is 15.7 Å². The second kappa shape index (κ2) is 5.74. The summed E-state index contributed by atoms with van der Waals surface area (Å²) in [5.41, 5.74) is -0.163. The van der Waals surface area contributed by atoms with Gasteiger partial charge in [0, 0.05) is 16.9 Å². The molecule has 0 unspecified atom stereocenters. The minimum Gasteiger partial charge on any atom is -0.229 e. The lowest BCUT2D eigenvalue weighted by Crippen LogP contribution is -2.38. The predicted molar refractivity (Wildman–Crippen MR) is 77.8 cm³/mol. The highest BCUT2D eigenvalue weighted by Crippen LogP contribution is 2.46. The van der Waals surface area contributed by atoms with Crippen LogP contribution in [0.5, 0.6) is 0 Å². The number of halogens is 1. The molecule has 1 aromatic rings. The molecule has 1 aliphatic carbocycles. The normalized spacial score (nSPS) is 17.2. The lowest BCUT2D eigenvalue weighted by Gasteiger charge is -2.41. The molecule has 0 amide bonds. The zero-order valence-electron chi connectivity index (χ0n) is 11.2. The summed E-state index contributed by atoms with van der Waals surface area (Å²) >= 11 is 1.38. The standard InChI is InChI=1S/C14H16FNO2S2/c1-20(17,18)10-14(6-3-7-14)9-19-13-5-2-4-12(15)11(13)8-16/h2,4-5H,3,6-7,9-10H2,1H3. The predicted octanol–water partition coefficient (Wildman–Crippen LogP) is 3.00. The summed E-state index contributed by atoms with van der Waals surface area (Å²) in [6.45, 7) is 0. The molecule has 1 aromatic carbocycles. The van der Waals surface area contributed by atoms with Gasteiger partial charge < -0.3 is 0 Å². The number of hydrogen-bond acceptors (Lipinski definition) is 4. The maximum absolute atomic E-state index is 13.5. The summed E-state index contributed by atoms with van der Waals surface area (Å²) in [7, 11) is -3.02. The molecule has 2 rings (SSSR count). The molecule has 1 aliphatic rings. The van der Waals surface area contributed by atoms with E-state index in [1.165, 1.54) is 24.1 Å². The molecule has 0 heterocycles. The highest BCUT2D eigenvalue weighted by Gasteiger charge is 2.39. The molecule has 0 radical (unpaired) electrons. The van der Waals surface area contributed by atoms with Gasteiger partial charge in [0.2, 0.25) is 0 Å². The quantitative estimate of drug-likeness (QED) is 0.784. The van der Waals surface area contributed by atoms with Crippen molar-refractivity contribution in [1.82, 2.24) is 0 Å². The van der Waals surface area contributed by atoms with Crippen molar-refractivity contribution in [3.05, 3.63) is 29.6 Å². The highest BCUT2D eigenvalue weighted by atomic mass is 32.2. The van der Waals surface area contributed by atoms with Gasteiger partial charge in [-0.3, -0.25) is 0 Å². The summed E-state index contributed by atoms with van der Waals surface area (Å²) < 4.78 is 36.5. The Kier molecular flexibility index (Phi) is 4.40. The monoisotopic (exact) mass is 313 g/mol. The van der Waals surface area contributed by atoms with Crippen molar-refractivity contribution >= 4 is 21.6 Å². The van der Waals surface area contributed by atoms with Gasteiger partial charge in [-0.2, -0.15) is 5.26 Å². The van der Waals surface area contributed by atoms with Crippen LogP contribution in [0, 0.1) is 22.6 Å². The third kappa shape index (κ3) is 3.53. The Hall–Kier alpha value is -1.06. The minimum atomic E-state index is -3.02. The van der Waals surface area contributed by atoms with Crippen molar-refractivity contribution in [1.29, 1.82) is 5.26 Å². The van der Waals surface area contributed by atoms with Crippen LogP contribution in [0.3, 0.4) is 0 Å². The fourth-order valence-electron chi connectivity index (χ4n) is 2.53. The van der Waals surface area contributed by atoms with Gasteiger partial charge in [0.1, 0.15) is 27.3 Å². The lowest BCUT2D eigenvalue weighted by molar-refractivity contribution is 0.201. The van der Waals surface area contributed by atoms with Gasteiger partial charge in [-0.15, -0.1) is 11.8 Å². The van der Waals surface area contributed by atoms with Crippen molar-refractivity contribution in [2.45, 2.75) is 24.2 Å². The van der Waals surface area contributed by atoms with E-state index in [2.05, 4.69) is 0 Å². The summed E-state index contributed by atoms with van der Waals surface area (Å²) in [6, 6.07) is 6.41. The number of nitriles is 1. The van der Waals surface area contributed by atoms with Crippen molar-refractivity contribution < 1.29 is 12.8 Å². The van der Waals surface area contributed by atoms with Crippen molar-refractivity contribution in [2.75, 3.05) is 17.8 Å². The average Bonchev–Trinajstić information content (AvgIpc) is 2.31. The van der Waals surface area contributed by atoms with Gasteiger partial charge in [-0.05, 0) is 30.4 Å². The largest absolute Gasteiger partial charge is 0.229 e. The van der Waals surface area contributed by atoms with Crippen LogP contribution >= 0.6 is 11.8 Å². The first-order valence-electron chi connectivity index (χ1n) is 6.34. The summed E-state index contributed by atoms with van der Waals surface area (Å²) in [5.74, 6) is 0.255. The fraction of sp³-hybridized carbons (Fsp3) is 0.500. The molecule has 0 aliphatic heterocycles. The Bertz CT molecular complexity index is 646. The van der Waals surface area contributed by atoms with Gasteiger partial charge in [0.05, 0.1) is 5.75 Å². The van der Waals surface area contributed by atoms with Crippen LogP contribution in [-0.2, 0) is 9.84 Å². The second-order valence-corrected chi connectivity index (χ2v) is 8.59. The molecule has 3 nitrogen and oxygen atoms in total. The van der Waals surface area contributed by atoms with Crippen LogP contribution < -0.4 is 0 Å². The number of rotatable bonds is 5. The molecule has 0 aromatic heterocycles. The van der Waals surface area contributed by atoms with Crippen LogP contribution in [-0.4, -0.2) is 26.2 Å². The van der Waals surface area contributed by atoms with E-state index in [1.807, 2.05) is 6.07 Å². The number of hydrogen-bond donors (Lipinski definition) is 0. The topological polar surface area (TPSA) is 57.9 Å². The Morgan fingerprint density at radius 1 is 1.45 bits per heavy atom. The minimum absolute atomic E-state index is 0.0475. The van der Waals surface area contributed by atoms with E-state index in [1.54, 1.807) is 12.1 Å². The first-order valence-corrected chi connectivity index (χ1v) is 9.39. The van der Waals surface area contributed by atoms with E-state index in [0.717, 1.165) is 19.3 Å². The molecule has 1 saturated carbocycles. The number of sulfone groups is 1. The smallest absolute Gasteiger partial charge is 0.148 e. The molecule has 0 bridgehead atoms. The SMILES string of the molecule is CS(=O)(=O)CC1(CSc2cccc(F)c2C#N)CCC1. The zero-order valence-corrected chi connectivity index (χ0v) is 12.9. The summed E-state index contributed by atoms with van der Waals surface area (Å²) in [6.07, 6.45) is 4.04. The average molecular weight is 313 g/mol. The van der Waals surface area contributed by atoms with E-state index >= 15 is 0 Å². The maximum atomic E-state index is 13.5. The number of thioether (sulfide) groups is 1. The van der Waals surface area contributed by atoms with Crippen LogP contribution in [0.4, 0.5) is 4.39 Å². The van der Waals surface area contributed by atoms with Crippen molar-refractivity contribution in [3.63, 3.8) is 0 Å². The molecule has 108 valence electrons. The third-order valence-electron chi connectivity index (χ3n) is 3.60.